The Morgan fingerprint density at radius 2 is 1.53 bits per heavy atom. The van der Waals surface area contributed by atoms with Crippen LogP contribution < -0.4 is 4.72 Å². The molecule has 5 heteroatoms. The van der Waals surface area contributed by atoms with Gasteiger partial charge in [0.25, 0.3) is 0 Å². The van der Waals surface area contributed by atoms with Crippen molar-refractivity contribution in [1.29, 1.82) is 0 Å². The first-order valence-electron chi connectivity index (χ1n) is 5.81. The molecule has 100 valence electrons. The van der Waals surface area contributed by atoms with E-state index in [0.717, 1.165) is 11.1 Å². The highest BCUT2D eigenvalue weighted by Gasteiger charge is 2.10. The van der Waals surface area contributed by atoms with Crippen molar-refractivity contribution < 1.29 is 12.8 Å². The van der Waals surface area contributed by atoms with E-state index in [1.165, 1.54) is 12.1 Å². The molecule has 0 aliphatic heterocycles. The lowest BCUT2D eigenvalue weighted by molar-refractivity contribution is 0.580. The third kappa shape index (κ3) is 4.46. The maximum Gasteiger partial charge on any atom is 0.216 e. The van der Waals surface area contributed by atoms with Gasteiger partial charge in [-0.3, -0.25) is 0 Å². The van der Waals surface area contributed by atoms with Crippen molar-refractivity contribution in [3.05, 3.63) is 71.5 Å². The molecule has 2 aromatic rings. The number of hydrogen-bond acceptors (Lipinski definition) is 2. The van der Waals surface area contributed by atoms with Crippen LogP contribution in [0.25, 0.3) is 0 Å². The topological polar surface area (TPSA) is 46.2 Å². The van der Waals surface area contributed by atoms with Gasteiger partial charge in [0.2, 0.25) is 10.0 Å². The van der Waals surface area contributed by atoms with Crippen molar-refractivity contribution in [3.8, 4) is 0 Å². The van der Waals surface area contributed by atoms with E-state index < -0.39 is 10.0 Å². The highest BCUT2D eigenvalue weighted by atomic mass is 32.2. The van der Waals surface area contributed by atoms with Crippen molar-refractivity contribution >= 4 is 10.0 Å². The molecule has 2 rings (SSSR count). The van der Waals surface area contributed by atoms with Crippen molar-refractivity contribution in [3.63, 3.8) is 0 Å². The Bertz CT molecular complexity index is 624. The monoisotopic (exact) mass is 279 g/mol. The number of hydrogen-bond donors (Lipinski definition) is 1. The molecular formula is C14H14FNO2S. The molecule has 0 aromatic heterocycles. The fourth-order valence-electron chi connectivity index (χ4n) is 1.64. The average Bonchev–Trinajstić information content (AvgIpc) is 2.39. The minimum atomic E-state index is -3.39. The van der Waals surface area contributed by atoms with Gasteiger partial charge in [0, 0.05) is 6.54 Å². The van der Waals surface area contributed by atoms with Gasteiger partial charge in [-0.05, 0) is 23.3 Å². The van der Waals surface area contributed by atoms with Crippen LogP contribution in [0.1, 0.15) is 11.1 Å². The lowest BCUT2D eigenvalue weighted by atomic mass is 10.2. The molecule has 0 saturated heterocycles. The van der Waals surface area contributed by atoms with Crippen LogP contribution in [0.15, 0.2) is 54.6 Å². The molecule has 19 heavy (non-hydrogen) atoms. The summed E-state index contributed by atoms with van der Waals surface area (Å²) in [4.78, 5) is 0. The summed E-state index contributed by atoms with van der Waals surface area (Å²) in [6.45, 7) is 0.162. The molecule has 0 heterocycles. The second-order valence-electron chi connectivity index (χ2n) is 4.19. The fourth-order valence-corrected chi connectivity index (χ4v) is 2.76. The molecule has 0 saturated carbocycles. The molecule has 0 spiro atoms. The number of rotatable bonds is 5. The number of sulfonamides is 1. The van der Waals surface area contributed by atoms with E-state index in [-0.39, 0.29) is 18.1 Å². The summed E-state index contributed by atoms with van der Waals surface area (Å²) in [7, 11) is -3.39. The maximum atomic E-state index is 12.7. The summed E-state index contributed by atoms with van der Waals surface area (Å²) in [6, 6.07) is 14.7. The molecule has 0 fully saturated rings. The summed E-state index contributed by atoms with van der Waals surface area (Å²) < 4.78 is 38.9. The largest absolute Gasteiger partial charge is 0.216 e. The van der Waals surface area contributed by atoms with E-state index in [1.807, 2.05) is 6.07 Å². The Morgan fingerprint density at radius 3 is 2.16 bits per heavy atom. The van der Waals surface area contributed by atoms with E-state index in [2.05, 4.69) is 4.72 Å². The zero-order chi connectivity index (χ0) is 13.7. The van der Waals surface area contributed by atoms with Crippen LogP contribution in [-0.4, -0.2) is 8.42 Å². The maximum absolute atomic E-state index is 12.7. The van der Waals surface area contributed by atoms with Gasteiger partial charge in [-0.15, -0.1) is 0 Å². The van der Waals surface area contributed by atoms with Gasteiger partial charge >= 0.3 is 0 Å². The molecule has 0 unspecified atom stereocenters. The third-order valence-corrected chi connectivity index (χ3v) is 3.91. The van der Waals surface area contributed by atoms with E-state index in [1.54, 1.807) is 36.4 Å². The molecule has 0 amide bonds. The predicted molar refractivity (Wildman–Crippen MR) is 72.3 cm³/mol. The lowest BCUT2D eigenvalue weighted by Gasteiger charge is -2.07. The molecule has 0 aliphatic rings. The Labute approximate surface area is 112 Å². The summed E-state index contributed by atoms with van der Waals surface area (Å²) in [5.41, 5.74) is 1.45. The van der Waals surface area contributed by atoms with Crippen molar-refractivity contribution in [2.75, 3.05) is 0 Å². The Hall–Kier alpha value is -1.72. The molecule has 0 aliphatic carbocycles. The van der Waals surface area contributed by atoms with Crippen LogP contribution in [-0.2, 0) is 22.3 Å². The molecule has 0 atom stereocenters. The van der Waals surface area contributed by atoms with Crippen molar-refractivity contribution in [2.45, 2.75) is 12.3 Å². The first-order valence-corrected chi connectivity index (χ1v) is 7.46. The molecule has 2 aromatic carbocycles. The second kappa shape index (κ2) is 5.95. The van der Waals surface area contributed by atoms with Gasteiger partial charge in [-0.2, -0.15) is 0 Å². The standard InChI is InChI=1S/C14H14FNO2S/c15-14-8-6-12(7-9-14)10-16-19(17,18)11-13-4-2-1-3-5-13/h1-9,16H,10-11H2. The number of nitrogens with one attached hydrogen (secondary N) is 1. The van der Waals surface area contributed by atoms with Crippen LogP contribution in [0.3, 0.4) is 0 Å². The molecule has 1 N–H and O–H groups in total. The fraction of sp³-hybridized carbons (Fsp3) is 0.143. The van der Waals surface area contributed by atoms with Crippen LogP contribution in [0.2, 0.25) is 0 Å². The minimum absolute atomic E-state index is 0.0605. The van der Waals surface area contributed by atoms with Crippen LogP contribution in [0.5, 0.6) is 0 Å². The van der Waals surface area contributed by atoms with E-state index in [4.69, 9.17) is 0 Å². The second-order valence-corrected chi connectivity index (χ2v) is 6.00. The Morgan fingerprint density at radius 1 is 0.895 bits per heavy atom. The van der Waals surface area contributed by atoms with E-state index in [9.17, 15) is 12.8 Å². The Balaban J connectivity index is 1.96. The van der Waals surface area contributed by atoms with Crippen LogP contribution >= 0.6 is 0 Å². The SMILES string of the molecule is O=S(=O)(Cc1ccccc1)NCc1ccc(F)cc1. The van der Waals surface area contributed by atoms with Crippen molar-refractivity contribution in [2.24, 2.45) is 0 Å². The average molecular weight is 279 g/mol. The molecular weight excluding hydrogens is 265 g/mol. The van der Waals surface area contributed by atoms with Crippen LogP contribution in [0.4, 0.5) is 4.39 Å². The summed E-state index contributed by atoms with van der Waals surface area (Å²) in [5.74, 6) is -0.398. The first kappa shape index (κ1) is 13.7. The number of halogens is 1. The highest BCUT2D eigenvalue weighted by molar-refractivity contribution is 7.88. The molecule has 3 nitrogen and oxygen atoms in total. The van der Waals surface area contributed by atoms with E-state index >= 15 is 0 Å². The first-order chi connectivity index (χ1) is 9.05. The summed E-state index contributed by atoms with van der Waals surface area (Å²) in [6.07, 6.45) is 0. The summed E-state index contributed by atoms with van der Waals surface area (Å²) >= 11 is 0. The van der Waals surface area contributed by atoms with Crippen molar-refractivity contribution in [1.82, 2.24) is 4.72 Å². The van der Waals surface area contributed by atoms with Gasteiger partial charge in [0.05, 0.1) is 5.75 Å². The molecule has 0 bridgehead atoms. The predicted octanol–water partition coefficient (Wildman–Crippen LogP) is 2.45. The van der Waals surface area contributed by atoms with Gasteiger partial charge in [-0.25, -0.2) is 17.5 Å². The molecule has 0 radical (unpaired) electrons. The Kier molecular flexibility index (Phi) is 4.29. The highest BCUT2D eigenvalue weighted by Crippen LogP contribution is 2.06. The van der Waals surface area contributed by atoms with Crippen LogP contribution in [0, 0.1) is 5.82 Å². The zero-order valence-electron chi connectivity index (χ0n) is 10.2. The smallest absolute Gasteiger partial charge is 0.212 e. The lowest BCUT2D eigenvalue weighted by Crippen LogP contribution is -2.24. The zero-order valence-corrected chi connectivity index (χ0v) is 11.0. The van der Waals surface area contributed by atoms with Gasteiger partial charge < -0.3 is 0 Å². The normalized spacial score (nSPS) is 11.4. The minimum Gasteiger partial charge on any atom is -0.212 e. The third-order valence-electron chi connectivity index (χ3n) is 2.61. The number of benzene rings is 2. The van der Waals surface area contributed by atoms with Gasteiger partial charge in [-0.1, -0.05) is 42.5 Å². The van der Waals surface area contributed by atoms with Gasteiger partial charge in [0.15, 0.2) is 0 Å². The summed E-state index contributed by atoms with van der Waals surface area (Å²) in [5, 5.41) is 0. The van der Waals surface area contributed by atoms with Gasteiger partial charge in [0.1, 0.15) is 5.82 Å². The van der Waals surface area contributed by atoms with E-state index in [0.29, 0.717) is 0 Å². The quantitative estimate of drug-likeness (QED) is 0.913.